The Hall–Kier alpha value is -0.950. The maximum absolute atomic E-state index is 12.6. The van der Waals surface area contributed by atoms with Crippen LogP contribution in [0.15, 0.2) is 42.5 Å². The molecule has 0 heterocycles. The van der Waals surface area contributed by atoms with Gasteiger partial charge in [-0.25, -0.2) is 0 Å². The van der Waals surface area contributed by atoms with E-state index in [9.17, 15) is 13.2 Å². The molecule has 1 nitrogen and oxygen atoms in total. The Labute approximate surface area is 132 Å². The Bertz CT molecular complexity index is 614. The second kappa shape index (κ2) is 6.22. The number of hydrogen-bond acceptors (Lipinski definition) is 1. The Kier molecular flexibility index (Phi) is 4.80. The van der Waals surface area contributed by atoms with E-state index in [4.69, 9.17) is 16.3 Å². The Morgan fingerprint density at radius 2 is 1.80 bits per heavy atom. The zero-order chi connectivity index (χ0) is 14.8. The van der Waals surface area contributed by atoms with E-state index in [1.54, 1.807) is 0 Å². The fraction of sp³-hybridized carbons (Fsp3) is 0.143. The van der Waals surface area contributed by atoms with Crippen molar-refractivity contribution in [2.45, 2.75) is 12.8 Å². The summed E-state index contributed by atoms with van der Waals surface area (Å²) in [5.41, 5.74) is 0.112. The van der Waals surface area contributed by atoms with Gasteiger partial charge in [-0.15, -0.1) is 0 Å². The highest BCUT2D eigenvalue weighted by Gasteiger charge is 2.31. The Morgan fingerprint density at radius 3 is 2.45 bits per heavy atom. The van der Waals surface area contributed by atoms with Gasteiger partial charge >= 0.3 is 6.18 Å². The van der Waals surface area contributed by atoms with Crippen LogP contribution in [-0.4, -0.2) is 0 Å². The molecule has 2 aromatic carbocycles. The quantitative estimate of drug-likeness (QED) is 0.601. The molecule has 2 rings (SSSR count). The molecule has 2 aromatic rings. The first-order chi connectivity index (χ1) is 9.38. The van der Waals surface area contributed by atoms with E-state index >= 15 is 0 Å². The molecule has 0 aromatic heterocycles. The van der Waals surface area contributed by atoms with Gasteiger partial charge in [-0.3, -0.25) is 0 Å². The number of halogens is 5. The van der Waals surface area contributed by atoms with E-state index in [2.05, 4.69) is 22.6 Å². The molecular weight excluding hydrogens is 404 g/mol. The van der Waals surface area contributed by atoms with Crippen LogP contribution in [0.1, 0.15) is 11.1 Å². The van der Waals surface area contributed by atoms with Crippen molar-refractivity contribution < 1.29 is 17.9 Å². The lowest BCUT2D eigenvalue weighted by Crippen LogP contribution is -2.06. The van der Waals surface area contributed by atoms with E-state index in [1.807, 2.05) is 24.3 Å². The molecule has 0 N–H and O–H groups in total. The summed E-state index contributed by atoms with van der Waals surface area (Å²) in [6.07, 6.45) is -4.41. The average molecular weight is 413 g/mol. The third kappa shape index (κ3) is 3.79. The summed E-state index contributed by atoms with van der Waals surface area (Å²) in [4.78, 5) is 0. The minimum absolute atomic E-state index is 0.0288. The summed E-state index contributed by atoms with van der Waals surface area (Å²) in [6.45, 7) is 0.167. The largest absolute Gasteiger partial charge is 0.487 e. The van der Waals surface area contributed by atoms with Gasteiger partial charge in [0.15, 0.2) is 0 Å². The van der Waals surface area contributed by atoms with Crippen LogP contribution in [0, 0.1) is 3.57 Å². The molecule has 106 valence electrons. The van der Waals surface area contributed by atoms with Gasteiger partial charge in [0.1, 0.15) is 12.4 Å². The van der Waals surface area contributed by atoms with Crippen molar-refractivity contribution in [2.24, 2.45) is 0 Å². The van der Waals surface area contributed by atoms with Crippen molar-refractivity contribution in [1.29, 1.82) is 0 Å². The molecule has 0 aliphatic heterocycles. The number of ether oxygens (including phenoxy) is 1. The molecule has 0 aliphatic rings. The lowest BCUT2D eigenvalue weighted by atomic mass is 10.2. The predicted molar refractivity (Wildman–Crippen MR) is 79.9 cm³/mol. The zero-order valence-electron chi connectivity index (χ0n) is 10.0. The summed E-state index contributed by atoms with van der Waals surface area (Å²) in [5.74, 6) is 0.0288. The number of rotatable bonds is 3. The lowest BCUT2D eigenvalue weighted by Gasteiger charge is -2.12. The zero-order valence-corrected chi connectivity index (χ0v) is 13.0. The SMILES string of the molecule is FC(F)(F)c1ccc(Cl)c(OCc2ccccc2I)c1. The molecule has 0 bridgehead atoms. The lowest BCUT2D eigenvalue weighted by molar-refractivity contribution is -0.137. The van der Waals surface area contributed by atoms with Crippen LogP contribution in [0.5, 0.6) is 5.75 Å². The summed E-state index contributed by atoms with van der Waals surface area (Å²) < 4.78 is 44.3. The normalized spacial score (nSPS) is 11.4. The predicted octanol–water partition coefficient (Wildman–Crippen LogP) is 5.54. The van der Waals surface area contributed by atoms with Gasteiger partial charge in [0.2, 0.25) is 0 Å². The topological polar surface area (TPSA) is 9.23 Å². The Morgan fingerprint density at radius 1 is 1.10 bits per heavy atom. The van der Waals surface area contributed by atoms with Gasteiger partial charge in [-0.2, -0.15) is 13.2 Å². The molecule has 0 unspecified atom stereocenters. The Balaban J connectivity index is 2.19. The van der Waals surface area contributed by atoms with Crippen LogP contribution >= 0.6 is 34.2 Å². The summed E-state index contributed by atoms with van der Waals surface area (Å²) in [6, 6.07) is 10.5. The number of benzene rings is 2. The summed E-state index contributed by atoms with van der Waals surface area (Å²) >= 11 is 8.00. The minimum atomic E-state index is -4.41. The summed E-state index contributed by atoms with van der Waals surface area (Å²) in [7, 11) is 0. The van der Waals surface area contributed by atoms with Crippen molar-refractivity contribution in [3.05, 3.63) is 62.2 Å². The molecule has 0 spiro atoms. The van der Waals surface area contributed by atoms with Gasteiger partial charge in [0.25, 0.3) is 0 Å². The average Bonchev–Trinajstić information content (AvgIpc) is 2.38. The van der Waals surface area contributed by atoms with Crippen LogP contribution < -0.4 is 4.74 Å². The third-order valence-corrected chi connectivity index (χ3v) is 3.96. The van der Waals surface area contributed by atoms with Crippen LogP contribution in [0.2, 0.25) is 5.02 Å². The minimum Gasteiger partial charge on any atom is -0.487 e. The molecule has 20 heavy (non-hydrogen) atoms. The molecule has 0 atom stereocenters. The van der Waals surface area contributed by atoms with Crippen molar-refractivity contribution in [3.8, 4) is 5.75 Å². The highest BCUT2D eigenvalue weighted by atomic mass is 127. The maximum Gasteiger partial charge on any atom is 0.416 e. The highest BCUT2D eigenvalue weighted by molar-refractivity contribution is 14.1. The van der Waals surface area contributed by atoms with Gasteiger partial charge in [-0.05, 0) is 46.9 Å². The van der Waals surface area contributed by atoms with Crippen molar-refractivity contribution in [2.75, 3.05) is 0 Å². The standard InChI is InChI=1S/C14H9ClF3IO/c15-11-6-5-10(14(16,17)18)7-13(11)20-8-9-3-1-2-4-12(9)19/h1-7H,8H2. The van der Waals surface area contributed by atoms with Crippen molar-refractivity contribution in [3.63, 3.8) is 0 Å². The first-order valence-corrected chi connectivity index (χ1v) is 7.06. The maximum atomic E-state index is 12.6. The second-order valence-electron chi connectivity index (χ2n) is 4.02. The fourth-order valence-corrected chi connectivity index (χ4v) is 2.28. The van der Waals surface area contributed by atoms with E-state index in [0.717, 1.165) is 21.3 Å². The molecule has 0 saturated heterocycles. The number of hydrogen-bond donors (Lipinski definition) is 0. The third-order valence-electron chi connectivity index (χ3n) is 2.60. The van der Waals surface area contributed by atoms with Gasteiger partial charge < -0.3 is 4.74 Å². The van der Waals surface area contributed by atoms with E-state index < -0.39 is 11.7 Å². The van der Waals surface area contributed by atoms with Crippen LogP contribution in [-0.2, 0) is 12.8 Å². The summed E-state index contributed by atoms with van der Waals surface area (Å²) in [5, 5.41) is 0.156. The second-order valence-corrected chi connectivity index (χ2v) is 5.59. The van der Waals surface area contributed by atoms with Crippen LogP contribution in [0.4, 0.5) is 13.2 Å². The molecular formula is C14H9ClF3IO. The first-order valence-electron chi connectivity index (χ1n) is 5.61. The fourth-order valence-electron chi connectivity index (χ4n) is 1.56. The van der Waals surface area contributed by atoms with E-state index in [0.29, 0.717) is 0 Å². The highest BCUT2D eigenvalue weighted by Crippen LogP contribution is 2.35. The van der Waals surface area contributed by atoms with Crippen LogP contribution in [0.25, 0.3) is 0 Å². The monoisotopic (exact) mass is 412 g/mol. The molecule has 0 amide bonds. The van der Waals surface area contributed by atoms with Gasteiger partial charge in [-0.1, -0.05) is 29.8 Å². The molecule has 0 radical (unpaired) electrons. The first kappa shape index (κ1) is 15.4. The number of alkyl halides is 3. The van der Waals surface area contributed by atoms with Crippen molar-refractivity contribution >= 4 is 34.2 Å². The molecule has 6 heteroatoms. The van der Waals surface area contributed by atoms with Crippen molar-refractivity contribution in [1.82, 2.24) is 0 Å². The van der Waals surface area contributed by atoms with Gasteiger partial charge in [0, 0.05) is 9.13 Å². The van der Waals surface area contributed by atoms with E-state index in [1.165, 1.54) is 6.07 Å². The molecule has 0 aliphatic carbocycles. The van der Waals surface area contributed by atoms with Gasteiger partial charge in [0.05, 0.1) is 10.6 Å². The molecule has 0 fully saturated rings. The molecule has 0 saturated carbocycles. The smallest absolute Gasteiger partial charge is 0.416 e. The van der Waals surface area contributed by atoms with Crippen LogP contribution in [0.3, 0.4) is 0 Å². The van der Waals surface area contributed by atoms with E-state index in [-0.39, 0.29) is 17.4 Å².